The molecule has 2 aliphatic rings. The van der Waals surface area contributed by atoms with Crippen molar-refractivity contribution in [3.8, 4) is 12.1 Å². The van der Waals surface area contributed by atoms with Gasteiger partial charge in [0.15, 0.2) is 5.69 Å². The highest BCUT2D eigenvalue weighted by atomic mass is 16.1. The van der Waals surface area contributed by atoms with E-state index in [0.29, 0.717) is 28.8 Å². The molecule has 8 heteroatoms. The normalized spacial score (nSPS) is 18.3. The fourth-order valence-corrected chi connectivity index (χ4v) is 4.35. The van der Waals surface area contributed by atoms with Crippen LogP contribution in [0.4, 0.5) is 0 Å². The zero-order chi connectivity index (χ0) is 23.5. The molecule has 4 rings (SSSR count). The fourth-order valence-electron chi connectivity index (χ4n) is 4.35. The van der Waals surface area contributed by atoms with Crippen molar-refractivity contribution < 1.29 is 4.79 Å². The largest absolute Gasteiger partial charge is 0.374 e. The average Bonchev–Trinajstić information content (AvgIpc) is 3.23. The molecule has 0 radical (unpaired) electrons. The summed E-state index contributed by atoms with van der Waals surface area (Å²) in [5, 5.41) is 33.4. The Morgan fingerprint density at radius 2 is 1.91 bits per heavy atom. The fraction of sp³-hybridized carbons (Fsp3) is 0.280. The number of aromatic nitrogens is 2. The summed E-state index contributed by atoms with van der Waals surface area (Å²) in [5.74, 6) is -0.751. The Morgan fingerprint density at radius 3 is 2.58 bits per heavy atom. The number of hydrogen-bond acceptors (Lipinski definition) is 6. The van der Waals surface area contributed by atoms with Gasteiger partial charge in [-0.1, -0.05) is 18.2 Å². The highest BCUT2D eigenvalue weighted by Crippen LogP contribution is 2.38. The molecule has 8 nitrogen and oxygen atoms in total. The zero-order valence-corrected chi connectivity index (χ0v) is 18.8. The third-order valence-corrected chi connectivity index (χ3v) is 6.15. The van der Waals surface area contributed by atoms with Gasteiger partial charge in [0.25, 0.3) is 5.91 Å². The van der Waals surface area contributed by atoms with Gasteiger partial charge in [-0.3, -0.25) is 9.89 Å². The standard InChI is InChI=1S/C25H25N7O/c1-15-20(13-26)23(21(14-27)16(2)29-15)17-7-8-22-19(12-17)24(31-30-22)25(33)28-10-9-18-6-4-5-11-32(18)3/h4-8,11-12,18,23,29H,9-10H2,1-3H3,(H,28,33)(H,30,31). The number of benzene rings is 1. The molecular formula is C25H25N7O. The molecule has 3 heterocycles. The summed E-state index contributed by atoms with van der Waals surface area (Å²) in [6.45, 7) is 4.16. The van der Waals surface area contributed by atoms with Crippen molar-refractivity contribution in [1.82, 2.24) is 25.7 Å². The van der Waals surface area contributed by atoms with E-state index in [4.69, 9.17) is 0 Å². The predicted molar refractivity (Wildman–Crippen MR) is 125 cm³/mol. The maximum Gasteiger partial charge on any atom is 0.272 e. The molecule has 166 valence electrons. The van der Waals surface area contributed by atoms with Crippen LogP contribution in [0.15, 0.2) is 65.2 Å². The second kappa shape index (κ2) is 9.05. The maximum atomic E-state index is 12.9. The molecule has 0 spiro atoms. The van der Waals surface area contributed by atoms with Gasteiger partial charge in [0.1, 0.15) is 0 Å². The van der Waals surface area contributed by atoms with Crippen molar-refractivity contribution in [3.63, 3.8) is 0 Å². The number of fused-ring (bicyclic) bond motifs is 1. The minimum Gasteiger partial charge on any atom is -0.374 e. The van der Waals surface area contributed by atoms with Gasteiger partial charge in [0.05, 0.1) is 34.7 Å². The summed E-state index contributed by atoms with van der Waals surface area (Å²) in [6, 6.07) is 10.3. The molecule has 0 aliphatic carbocycles. The van der Waals surface area contributed by atoms with Crippen LogP contribution in [-0.4, -0.2) is 40.6 Å². The number of H-pyrrole nitrogens is 1. The molecule has 33 heavy (non-hydrogen) atoms. The number of carbonyl (C=O) groups is 1. The number of nitrogens with one attached hydrogen (secondary N) is 3. The Kier molecular flexibility index (Phi) is 6.01. The minimum absolute atomic E-state index is 0.233. The van der Waals surface area contributed by atoms with E-state index in [1.54, 1.807) is 0 Å². The van der Waals surface area contributed by atoms with Gasteiger partial charge in [0.2, 0.25) is 0 Å². The van der Waals surface area contributed by atoms with Crippen LogP contribution in [0.3, 0.4) is 0 Å². The smallest absolute Gasteiger partial charge is 0.272 e. The molecule has 1 unspecified atom stereocenters. The van der Waals surface area contributed by atoms with Crippen LogP contribution in [0, 0.1) is 22.7 Å². The highest BCUT2D eigenvalue weighted by Gasteiger charge is 2.30. The molecule has 0 bridgehead atoms. The van der Waals surface area contributed by atoms with Crippen molar-refractivity contribution in [2.24, 2.45) is 0 Å². The van der Waals surface area contributed by atoms with Crippen LogP contribution in [-0.2, 0) is 0 Å². The summed E-state index contributed by atoms with van der Waals surface area (Å²) < 4.78 is 0. The van der Waals surface area contributed by atoms with Gasteiger partial charge in [-0.25, -0.2) is 0 Å². The van der Waals surface area contributed by atoms with Crippen LogP contribution >= 0.6 is 0 Å². The van der Waals surface area contributed by atoms with Crippen molar-refractivity contribution >= 4 is 16.8 Å². The summed E-state index contributed by atoms with van der Waals surface area (Å²) in [6.07, 6.45) is 8.87. The van der Waals surface area contributed by atoms with Gasteiger partial charge in [0, 0.05) is 36.4 Å². The number of amides is 1. The van der Waals surface area contributed by atoms with E-state index in [1.165, 1.54) is 0 Å². The lowest BCUT2D eigenvalue weighted by atomic mass is 9.81. The van der Waals surface area contributed by atoms with Crippen LogP contribution < -0.4 is 10.6 Å². The number of carbonyl (C=O) groups excluding carboxylic acids is 1. The van der Waals surface area contributed by atoms with Crippen LogP contribution in [0.25, 0.3) is 10.9 Å². The lowest BCUT2D eigenvalue weighted by molar-refractivity contribution is 0.0948. The summed E-state index contributed by atoms with van der Waals surface area (Å²) in [4.78, 5) is 15.0. The number of dihydropyridines is 1. The third kappa shape index (κ3) is 4.11. The maximum absolute atomic E-state index is 12.9. The summed E-state index contributed by atoms with van der Waals surface area (Å²) >= 11 is 0. The van der Waals surface area contributed by atoms with E-state index >= 15 is 0 Å². The molecule has 1 aromatic heterocycles. The van der Waals surface area contributed by atoms with E-state index in [-0.39, 0.29) is 11.9 Å². The quantitative estimate of drug-likeness (QED) is 0.657. The van der Waals surface area contributed by atoms with E-state index in [1.807, 2.05) is 57.4 Å². The van der Waals surface area contributed by atoms with Crippen LogP contribution in [0.2, 0.25) is 0 Å². The monoisotopic (exact) mass is 439 g/mol. The molecule has 2 aromatic rings. The van der Waals surface area contributed by atoms with E-state index in [9.17, 15) is 15.3 Å². The van der Waals surface area contributed by atoms with E-state index in [2.05, 4.69) is 43.9 Å². The minimum atomic E-state index is -0.488. The molecule has 2 aliphatic heterocycles. The third-order valence-electron chi connectivity index (χ3n) is 6.15. The van der Waals surface area contributed by atoms with Gasteiger partial charge in [-0.2, -0.15) is 15.6 Å². The SMILES string of the molecule is CC1=C(C#N)C(c2ccc3[nH]nc(C(=O)NCCC4C=CC=CN4C)c3c2)C(C#N)=C(C)N1. The van der Waals surface area contributed by atoms with Crippen molar-refractivity contribution in [3.05, 3.63) is 76.4 Å². The molecule has 3 N–H and O–H groups in total. The number of aromatic amines is 1. The predicted octanol–water partition coefficient (Wildman–Crippen LogP) is 3.35. The molecule has 1 aromatic carbocycles. The van der Waals surface area contributed by atoms with Crippen molar-refractivity contribution in [2.75, 3.05) is 13.6 Å². The van der Waals surface area contributed by atoms with Gasteiger partial charge < -0.3 is 15.5 Å². The lowest BCUT2D eigenvalue weighted by Gasteiger charge is -2.26. The molecule has 0 saturated heterocycles. The van der Waals surface area contributed by atoms with E-state index < -0.39 is 5.92 Å². The number of likely N-dealkylation sites (N-methyl/N-ethyl adjacent to an activating group) is 1. The molecule has 1 amide bonds. The molecular weight excluding hydrogens is 414 g/mol. The summed E-state index contributed by atoms with van der Waals surface area (Å²) in [5.41, 5.74) is 4.21. The lowest BCUT2D eigenvalue weighted by Crippen LogP contribution is -2.33. The Balaban J connectivity index is 1.60. The number of rotatable bonds is 5. The highest BCUT2D eigenvalue weighted by molar-refractivity contribution is 6.04. The Hall–Kier alpha value is -4.30. The number of nitrogens with zero attached hydrogens (tertiary/aromatic N) is 4. The second-order valence-corrected chi connectivity index (χ2v) is 8.24. The Labute approximate surface area is 192 Å². The Morgan fingerprint density at radius 1 is 1.18 bits per heavy atom. The molecule has 0 saturated carbocycles. The zero-order valence-electron chi connectivity index (χ0n) is 18.8. The van der Waals surface area contributed by atoms with Crippen molar-refractivity contribution in [2.45, 2.75) is 32.2 Å². The van der Waals surface area contributed by atoms with Crippen LogP contribution in [0.1, 0.15) is 42.2 Å². The first kappa shape index (κ1) is 21.9. The molecule has 0 fully saturated rings. The second-order valence-electron chi connectivity index (χ2n) is 8.24. The first-order valence-electron chi connectivity index (χ1n) is 10.8. The number of hydrogen-bond donors (Lipinski definition) is 3. The first-order valence-corrected chi connectivity index (χ1v) is 10.8. The number of nitriles is 2. The van der Waals surface area contributed by atoms with Gasteiger partial charge >= 0.3 is 0 Å². The topological polar surface area (TPSA) is 121 Å². The van der Waals surface area contributed by atoms with E-state index in [0.717, 1.165) is 28.9 Å². The summed E-state index contributed by atoms with van der Waals surface area (Å²) in [7, 11) is 2.01. The first-order chi connectivity index (χ1) is 15.9. The van der Waals surface area contributed by atoms with Crippen LogP contribution in [0.5, 0.6) is 0 Å². The van der Waals surface area contributed by atoms with Crippen molar-refractivity contribution in [1.29, 1.82) is 10.5 Å². The molecule has 1 atom stereocenters. The van der Waals surface area contributed by atoms with Gasteiger partial charge in [-0.05, 0) is 50.2 Å². The Bertz CT molecular complexity index is 1280. The van der Waals surface area contributed by atoms with Gasteiger partial charge in [-0.15, -0.1) is 0 Å². The number of allylic oxidation sites excluding steroid dienone is 6. The average molecular weight is 440 g/mol.